The fourth-order valence-electron chi connectivity index (χ4n) is 3.67. The Morgan fingerprint density at radius 1 is 0.571 bits per heavy atom. The summed E-state index contributed by atoms with van der Waals surface area (Å²) >= 11 is 0. The highest BCUT2D eigenvalue weighted by Crippen LogP contribution is 2.23. The van der Waals surface area contributed by atoms with Crippen LogP contribution in [0.3, 0.4) is 0 Å². The molecule has 0 unspecified atom stereocenters. The van der Waals surface area contributed by atoms with E-state index in [1.807, 2.05) is 0 Å². The maximum Gasteiger partial charge on any atom is 0.0255 e. The van der Waals surface area contributed by atoms with Crippen LogP contribution in [0, 0.1) is 11.8 Å². The molecule has 0 bridgehead atoms. The van der Waals surface area contributed by atoms with Crippen molar-refractivity contribution in [2.75, 3.05) is 0 Å². The third kappa shape index (κ3) is 4.44. The van der Waals surface area contributed by atoms with Crippen LogP contribution in [0.2, 0.25) is 0 Å². The van der Waals surface area contributed by atoms with Crippen molar-refractivity contribution in [2.24, 2.45) is 0 Å². The first kappa shape index (κ1) is 18.3. The van der Waals surface area contributed by atoms with Crippen LogP contribution in [0.25, 0.3) is 21.5 Å². The van der Waals surface area contributed by atoms with Gasteiger partial charge in [0.05, 0.1) is 0 Å². The van der Waals surface area contributed by atoms with Gasteiger partial charge < -0.3 is 0 Å². The minimum absolute atomic E-state index is 1.06. The molecular weight excluding hydrogens is 336 g/mol. The predicted molar refractivity (Wildman–Crippen MR) is 122 cm³/mol. The Balaban J connectivity index is 1.50. The average molecular weight is 363 g/mol. The van der Waals surface area contributed by atoms with E-state index in [1.165, 1.54) is 59.2 Å². The highest BCUT2D eigenvalue weighted by Gasteiger charge is 1.99. The molecule has 0 aromatic heterocycles. The fourth-order valence-corrected chi connectivity index (χ4v) is 3.67. The van der Waals surface area contributed by atoms with Gasteiger partial charge in [-0.1, -0.05) is 80.5 Å². The normalized spacial score (nSPS) is 10.8. The van der Waals surface area contributed by atoms with Gasteiger partial charge in [-0.3, -0.25) is 0 Å². The zero-order valence-corrected chi connectivity index (χ0v) is 16.5. The molecule has 0 fully saturated rings. The van der Waals surface area contributed by atoms with Crippen molar-refractivity contribution in [3.05, 3.63) is 95.6 Å². The smallest absolute Gasteiger partial charge is 0.0255 e. The Kier molecular flexibility index (Phi) is 5.74. The third-order valence-electron chi connectivity index (χ3n) is 5.33. The quantitative estimate of drug-likeness (QED) is 0.196. The Morgan fingerprint density at radius 2 is 1.21 bits per heavy atom. The summed E-state index contributed by atoms with van der Waals surface area (Å²) in [5, 5.41) is 5.06. The van der Waals surface area contributed by atoms with E-state index in [1.54, 1.807) is 0 Å². The summed E-state index contributed by atoms with van der Waals surface area (Å²) in [5.74, 6) is 6.65. The molecule has 4 aromatic carbocycles. The molecular formula is C28H26. The van der Waals surface area contributed by atoms with Crippen molar-refractivity contribution < 1.29 is 0 Å². The summed E-state index contributed by atoms with van der Waals surface area (Å²) in [4.78, 5) is 0. The fraction of sp³-hybridized carbons (Fsp3) is 0.214. The van der Waals surface area contributed by atoms with Crippen LogP contribution < -0.4 is 0 Å². The Morgan fingerprint density at radius 3 is 1.96 bits per heavy atom. The largest absolute Gasteiger partial charge is 0.0654 e. The van der Waals surface area contributed by atoms with Gasteiger partial charge in [0.2, 0.25) is 0 Å². The first-order valence-corrected chi connectivity index (χ1v) is 10.4. The zero-order chi connectivity index (χ0) is 19.2. The Hall–Kier alpha value is -3.04. The van der Waals surface area contributed by atoms with Gasteiger partial charge in [0, 0.05) is 11.1 Å². The second-order valence-corrected chi connectivity index (χ2v) is 7.52. The van der Waals surface area contributed by atoms with Crippen LogP contribution in [-0.2, 0) is 6.42 Å². The topological polar surface area (TPSA) is 0 Å². The van der Waals surface area contributed by atoms with E-state index in [4.69, 9.17) is 0 Å². The average Bonchev–Trinajstić information content (AvgIpc) is 2.74. The number of fused-ring (bicyclic) bond motifs is 2. The molecule has 0 atom stereocenters. The molecule has 0 aliphatic rings. The molecule has 28 heavy (non-hydrogen) atoms. The lowest BCUT2D eigenvalue weighted by Gasteiger charge is -2.03. The van der Waals surface area contributed by atoms with Gasteiger partial charge in [-0.2, -0.15) is 0 Å². The van der Waals surface area contributed by atoms with Gasteiger partial charge in [0.15, 0.2) is 0 Å². The first-order chi connectivity index (χ1) is 13.8. The van der Waals surface area contributed by atoms with E-state index in [-0.39, 0.29) is 0 Å². The summed E-state index contributed by atoms with van der Waals surface area (Å²) < 4.78 is 0. The number of hydrogen-bond acceptors (Lipinski definition) is 0. The van der Waals surface area contributed by atoms with E-state index >= 15 is 0 Å². The minimum Gasteiger partial charge on any atom is -0.0654 e. The van der Waals surface area contributed by atoms with Gasteiger partial charge >= 0.3 is 0 Å². The van der Waals surface area contributed by atoms with Crippen LogP contribution in [0.5, 0.6) is 0 Å². The third-order valence-corrected chi connectivity index (χ3v) is 5.33. The summed E-state index contributed by atoms with van der Waals surface area (Å²) in [6.45, 7) is 2.26. The van der Waals surface area contributed by atoms with Crippen LogP contribution in [0.15, 0.2) is 78.9 Å². The lowest BCUT2D eigenvalue weighted by atomic mass is 10.0. The molecule has 138 valence electrons. The molecule has 0 heterocycles. The molecule has 0 saturated heterocycles. The number of aryl methyl sites for hydroxylation is 1. The van der Waals surface area contributed by atoms with Crippen molar-refractivity contribution in [3.63, 3.8) is 0 Å². The Bertz CT molecular complexity index is 1140. The molecule has 0 saturated carbocycles. The van der Waals surface area contributed by atoms with Gasteiger partial charge in [0.25, 0.3) is 0 Å². The van der Waals surface area contributed by atoms with E-state index in [9.17, 15) is 0 Å². The van der Waals surface area contributed by atoms with Crippen LogP contribution in [-0.4, -0.2) is 0 Å². The molecule has 0 amide bonds. The molecule has 0 radical (unpaired) electrons. The van der Waals surface area contributed by atoms with Crippen LogP contribution in [0.4, 0.5) is 0 Å². The monoisotopic (exact) mass is 362 g/mol. The zero-order valence-electron chi connectivity index (χ0n) is 16.5. The number of unbranched alkanes of at least 4 members (excludes halogenated alkanes) is 3. The summed E-state index contributed by atoms with van der Waals surface area (Å²) in [6, 6.07) is 28.2. The maximum absolute atomic E-state index is 3.33. The lowest BCUT2D eigenvalue weighted by molar-refractivity contribution is 0.667. The molecule has 0 N–H and O–H groups in total. The molecule has 4 aromatic rings. The number of hydrogen-bond donors (Lipinski definition) is 0. The standard InChI is InChI=1S/C28H26/c1-2-3-4-5-8-22-11-13-23(14-12-22)15-16-24-17-18-27-20-25-9-6-7-10-26(25)21-28(27)19-24/h6-7,9-14,17-21H,2-5,8H2,1H3. The molecule has 0 aliphatic carbocycles. The number of rotatable bonds is 5. The summed E-state index contributed by atoms with van der Waals surface area (Å²) in [7, 11) is 0. The van der Waals surface area contributed by atoms with Crippen molar-refractivity contribution in [2.45, 2.75) is 39.0 Å². The van der Waals surface area contributed by atoms with Crippen molar-refractivity contribution in [1.82, 2.24) is 0 Å². The van der Waals surface area contributed by atoms with Crippen molar-refractivity contribution in [3.8, 4) is 11.8 Å². The minimum atomic E-state index is 1.06. The highest BCUT2D eigenvalue weighted by atomic mass is 14.0. The first-order valence-electron chi connectivity index (χ1n) is 10.4. The Labute approximate surface area is 168 Å². The number of benzene rings is 4. The van der Waals surface area contributed by atoms with Gasteiger partial charge in [-0.05, 0) is 76.3 Å². The van der Waals surface area contributed by atoms with Crippen LogP contribution >= 0.6 is 0 Å². The van der Waals surface area contributed by atoms with E-state index in [0.717, 1.165) is 11.1 Å². The van der Waals surface area contributed by atoms with Crippen LogP contribution in [0.1, 0.15) is 49.3 Å². The van der Waals surface area contributed by atoms with E-state index < -0.39 is 0 Å². The van der Waals surface area contributed by atoms with E-state index in [0.29, 0.717) is 0 Å². The summed E-state index contributed by atoms with van der Waals surface area (Å²) in [6.07, 6.45) is 6.41. The van der Waals surface area contributed by atoms with Gasteiger partial charge in [-0.15, -0.1) is 0 Å². The molecule has 0 heteroatoms. The molecule has 0 nitrogen and oxygen atoms in total. The lowest BCUT2D eigenvalue weighted by Crippen LogP contribution is -1.86. The molecule has 4 rings (SSSR count). The van der Waals surface area contributed by atoms with E-state index in [2.05, 4.69) is 97.6 Å². The molecule has 0 spiro atoms. The summed E-state index contributed by atoms with van der Waals surface area (Å²) in [5.41, 5.74) is 3.56. The second-order valence-electron chi connectivity index (χ2n) is 7.52. The van der Waals surface area contributed by atoms with Gasteiger partial charge in [-0.25, -0.2) is 0 Å². The molecule has 0 aliphatic heterocycles. The van der Waals surface area contributed by atoms with Crippen molar-refractivity contribution >= 4 is 21.5 Å². The predicted octanol–water partition coefficient (Wildman–Crippen LogP) is 7.52. The SMILES string of the molecule is CCCCCCc1ccc(C#Cc2ccc3cc4ccccc4cc3c2)cc1. The second kappa shape index (κ2) is 8.77. The maximum atomic E-state index is 3.33. The van der Waals surface area contributed by atoms with Gasteiger partial charge in [0.1, 0.15) is 0 Å². The highest BCUT2D eigenvalue weighted by molar-refractivity contribution is 5.98. The van der Waals surface area contributed by atoms with Crippen molar-refractivity contribution in [1.29, 1.82) is 0 Å².